The molecule has 0 aromatic carbocycles. The molecule has 30 heavy (non-hydrogen) atoms. The van der Waals surface area contributed by atoms with Crippen molar-refractivity contribution >= 4 is 22.8 Å². The zero-order chi connectivity index (χ0) is 21.7. The van der Waals surface area contributed by atoms with Gasteiger partial charge in [-0.05, 0) is 31.1 Å². The number of carbonyl (C=O) groups excluding carboxylic acids is 1. The highest BCUT2D eigenvalue weighted by Gasteiger charge is 2.17. The predicted molar refractivity (Wildman–Crippen MR) is 109 cm³/mol. The second kappa shape index (κ2) is 9.45. The lowest BCUT2D eigenvalue weighted by Crippen LogP contribution is -2.16. The van der Waals surface area contributed by atoms with Crippen LogP contribution in [0.25, 0.3) is 11.2 Å². The molecule has 0 bridgehead atoms. The molecule has 0 spiro atoms. The van der Waals surface area contributed by atoms with E-state index in [9.17, 15) is 13.6 Å². The van der Waals surface area contributed by atoms with Gasteiger partial charge in [-0.3, -0.25) is 4.79 Å². The van der Waals surface area contributed by atoms with Gasteiger partial charge in [0.1, 0.15) is 28.5 Å². The zero-order valence-corrected chi connectivity index (χ0v) is 16.7. The van der Waals surface area contributed by atoms with Crippen molar-refractivity contribution in [1.29, 1.82) is 0 Å². The Labute approximate surface area is 172 Å². The van der Waals surface area contributed by atoms with E-state index in [0.29, 0.717) is 42.4 Å². The van der Waals surface area contributed by atoms with Crippen molar-refractivity contribution in [3.8, 4) is 5.75 Å². The number of rotatable bonds is 9. The fraction of sp³-hybridized carbons (Fsp3) is 0.286. The van der Waals surface area contributed by atoms with Crippen LogP contribution < -0.4 is 10.1 Å². The number of fused-ring (bicyclic) bond motifs is 1. The number of nitrogens with zero attached hydrogens (tertiary/aromatic N) is 3. The molecule has 0 unspecified atom stereocenters. The lowest BCUT2D eigenvalue weighted by Gasteiger charge is -2.12. The first kappa shape index (κ1) is 21.4. The molecule has 0 aliphatic carbocycles. The van der Waals surface area contributed by atoms with Crippen LogP contribution in [-0.2, 0) is 4.74 Å². The van der Waals surface area contributed by atoms with Gasteiger partial charge in [0.05, 0.1) is 18.9 Å². The summed E-state index contributed by atoms with van der Waals surface area (Å²) in [5, 5.41) is 2.68. The van der Waals surface area contributed by atoms with Crippen molar-refractivity contribution in [2.24, 2.45) is 0 Å². The molecule has 7 nitrogen and oxygen atoms in total. The average Bonchev–Trinajstić information content (AvgIpc) is 3.15. The molecule has 9 heteroatoms. The van der Waals surface area contributed by atoms with Crippen LogP contribution in [0.3, 0.4) is 0 Å². The highest BCUT2D eigenvalue weighted by atomic mass is 19.3. The van der Waals surface area contributed by atoms with Crippen LogP contribution in [-0.4, -0.2) is 40.6 Å². The van der Waals surface area contributed by atoms with Crippen LogP contribution in [0.1, 0.15) is 41.6 Å². The maximum atomic E-state index is 12.9. The van der Waals surface area contributed by atoms with Gasteiger partial charge in [-0.1, -0.05) is 12.6 Å². The quantitative estimate of drug-likeness (QED) is 0.561. The third-order valence-corrected chi connectivity index (χ3v) is 4.30. The maximum absolute atomic E-state index is 12.9. The number of hydrogen-bond donors (Lipinski definition) is 1. The van der Waals surface area contributed by atoms with Crippen LogP contribution in [0.4, 0.5) is 14.5 Å². The molecule has 158 valence electrons. The first-order valence-corrected chi connectivity index (χ1v) is 9.32. The Morgan fingerprint density at radius 2 is 2.07 bits per heavy atom. The van der Waals surface area contributed by atoms with Crippen molar-refractivity contribution in [3.05, 3.63) is 60.3 Å². The molecule has 1 N–H and O–H groups in total. The summed E-state index contributed by atoms with van der Waals surface area (Å²) >= 11 is 0. The van der Waals surface area contributed by atoms with Crippen molar-refractivity contribution in [2.45, 2.75) is 19.8 Å². The molecule has 0 fully saturated rings. The Balaban J connectivity index is 1.91. The van der Waals surface area contributed by atoms with Crippen molar-refractivity contribution in [3.63, 3.8) is 0 Å². The number of alkyl halides is 2. The fourth-order valence-corrected chi connectivity index (χ4v) is 2.79. The van der Waals surface area contributed by atoms with Crippen LogP contribution in [0.15, 0.2) is 43.2 Å². The van der Waals surface area contributed by atoms with E-state index in [1.807, 2.05) is 6.92 Å². The molecule has 0 aliphatic rings. The second-order valence-corrected chi connectivity index (χ2v) is 6.42. The minimum absolute atomic E-state index is 0.116. The van der Waals surface area contributed by atoms with Gasteiger partial charge in [-0.2, -0.15) is 0 Å². The highest BCUT2D eigenvalue weighted by Crippen LogP contribution is 2.28. The summed E-state index contributed by atoms with van der Waals surface area (Å²) in [6.45, 7) is 6.73. The molecule has 0 saturated carbocycles. The normalized spacial score (nSPS) is 11.1. The van der Waals surface area contributed by atoms with Gasteiger partial charge in [0.15, 0.2) is 0 Å². The molecule has 3 rings (SSSR count). The van der Waals surface area contributed by atoms with Gasteiger partial charge in [0, 0.05) is 25.6 Å². The van der Waals surface area contributed by atoms with E-state index >= 15 is 0 Å². The van der Waals surface area contributed by atoms with Gasteiger partial charge in [-0.15, -0.1) is 0 Å². The largest absolute Gasteiger partial charge is 0.491 e. The Bertz CT molecular complexity index is 1070. The van der Waals surface area contributed by atoms with E-state index in [2.05, 4.69) is 21.9 Å². The molecular formula is C21H22F2N4O3. The minimum atomic E-state index is -2.76. The molecule has 0 aliphatic heterocycles. The van der Waals surface area contributed by atoms with E-state index in [-0.39, 0.29) is 5.69 Å². The zero-order valence-electron chi connectivity index (χ0n) is 16.7. The number of methoxy groups -OCH3 is 1. The van der Waals surface area contributed by atoms with Crippen LogP contribution in [0, 0.1) is 0 Å². The van der Waals surface area contributed by atoms with Gasteiger partial charge in [-0.25, -0.2) is 18.7 Å². The smallest absolute Gasteiger partial charge is 0.280 e. The van der Waals surface area contributed by atoms with E-state index in [4.69, 9.17) is 9.47 Å². The monoisotopic (exact) mass is 416 g/mol. The van der Waals surface area contributed by atoms with Gasteiger partial charge in [0.2, 0.25) is 0 Å². The Morgan fingerprint density at radius 3 is 2.77 bits per heavy atom. The molecule has 0 radical (unpaired) electrons. The highest BCUT2D eigenvalue weighted by molar-refractivity contribution is 6.03. The lowest BCUT2D eigenvalue weighted by atomic mass is 10.2. The molecule has 3 aromatic rings. The van der Waals surface area contributed by atoms with Gasteiger partial charge >= 0.3 is 0 Å². The summed E-state index contributed by atoms with van der Waals surface area (Å²) in [6, 6.07) is 5.59. The van der Waals surface area contributed by atoms with Crippen LogP contribution in [0.2, 0.25) is 0 Å². The Hall–Kier alpha value is -3.33. The van der Waals surface area contributed by atoms with Gasteiger partial charge in [0.25, 0.3) is 12.3 Å². The van der Waals surface area contributed by atoms with Crippen molar-refractivity contribution in [1.82, 2.24) is 14.4 Å². The Kier molecular flexibility index (Phi) is 6.73. The number of ether oxygens (including phenoxy) is 2. The molecule has 3 heterocycles. The number of amides is 1. The summed E-state index contributed by atoms with van der Waals surface area (Å²) in [5.74, 6) is -0.217. The Morgan fingerprint density at radius 1 is 1.27 bits per heavy atom. The van der Waals surface area contributed by atoms with E-state index in [0.717, 1.165) is 5.57 Å². The van der Waals surface area contributed by atoms with Crippen molar-refractivity contribution in [2.75, 3.05) is 25.6 Å². The number of anilines is 1. The number of hydrogen-bond acceptors (Lipinski definition) is 5. The number of imidazole rings is 1. The number of carbonyl (C=O) groups is 1. The molecule has 0 atom stereocenters. The minimum Gasteiger partial charge on any atom is -0.491 e. The van der Waals surface area contributed by atoms with E-state index in [1.54, 1.807) is 30.0 Å². The topological polar surface area (TPSA) is 77.8 Å². The maximum Gasteiger partial charge on any atom is 0.280 e. The third-order valence-electron chi connectivity index (χ3n) is 4.30. The average molecular weight is 416 g/mol. The lowest BCUT2D eigenvalue weighted by molar-refractivity contribution is 0.101. The number of pyridine rings is 2. The summed E-state index contributed by atoms with van der Waals surface area (Å²) < 4.78 is 38.2. The van der Waals surface area contributed by atoms with Crippen molar-refractivity contribution < 1.29 is 23.0 Å². The molecular weight excluding hydrogens is 394 g/mol. The summed E-state index contributed by atoms with van der Waals surface area (Å²) in [6.07, 6.45) is 1.31. The summed E-state index contributed by atoms with van der Waals surface area (Å²) in [5.41, 5.74) is 1.92. The third kappa shape index (κ3) is 4.80. The fourth-order valence-electron chi connectivity index (χ4n) is 2.79. The second-order valence-electron chi connectivity index (χ2n) is 6.42. The number of nitrogens with one attached hydrogen (secondary N) is 1. The molecule has 1 amide bonds. The molecule has 3 aromatic heterocycles. The predicted octanol–water partition coefficient (Wildman–Crippen LogP) is 4.37. The summed E-state index contributed by atoms with van der Waals surface area (Å²) in [4.78, 5) is 20.8. The molecule has 0 saturated heterocycles. The number of halogens is 2. The first-order valence-electron chi connectivity index (χ1n) is 9.32. The first-order chi connectivity index (χ1) is 14.4. The van der Waals surface area contributed by atoms with Crippen LogP contribution in [0.5, 0.6) is 5.75 Å². The SMILES string of the molecule is C=C(CCOC)c1cn2cc(NC(=O)c3cccc(C(F)F)n3)c(OCC)cc2n1. The number of aromatic nitrogens is 3. The summed E-state index contributed by atoms with van der Waals surface area (Å²) in [7, 11) is 1.62. The van der Waals surface area contributed by atoms with E-state index in [1.165, 1.54) is 18.2 Å². The van der Waals surface area contributed by atoms with Crippen LogP contribution >= 0.6 is 0 Å². The van der Waals surface area contributed by atoms with Gasteiger partial charge < -0.3 is 19.2 Å². The van der Waals surface area contributed by atoms with E-state index < -0.39 is 18.0 Å². The standard InChI is InChI=1S/C21H22F2N4O3/c1-4-30-18-10-19-25-16(13(2)8-9-29-3)11-27(19)12-17(18)26-21(28)15-7-5-6-14(24-15)20(22)23/h5-7,10-12,20H,2,4,8-9H2,1,3H3,(H,26,28).